The van der Waals surface area contributed by atoms with E-state index in [-0.39, 0.29) is 0 Å². The van der Waals surface area contributed by atoms with Crippen LogP contribution in [0.15, 0.2) is 27.7 Å². The summed E-state index contributed by atoms with van der Waals surface area (Å²) < 4.78 is 6.70. The minimum atomic E-state index is 0.359. The number of benzene rings is 1. The van der Waals surface area contributed by atoms with Crippen molar-refractivity contribution in [1.82, 2.24) is 0 Å². The number of hydrogen-bond donors (Lipinski definition) is 0. The second-order valence-electron chi connectivity index (χ2n) is 4.83. The number of rotatable bonds is 4. The van der Waals surface area contributed by atoms with Crippen molar-refractivity contribution in [3.8, 4) is 0 Å². The molecule has 1 aromatic rings. The van der Waals surface area contributed by atoms with Gasteiger partial charge in [-0.05, 0) is 44.0 Å². The van der Waals surface area contributed by atoms with Crippen LogP contribution in [-0.4, -0.2) is 12.5 Å². The van der Waals surface area contributed by atoms with E-state index in [1.165, 1.54) is 6.42 Å². The van der Waals surface area contributed by atoms with E-state index in [1.807, 2.05) is 19.1 Å². The molecule has 1 rings (SSSR count). The van der Waals surface area contributed by atoms with E-state index < -0.39 is 0 Å². The summed E-state index contributed by atoms with van der Waals surface area (Å²) in [5, 5.41) is 0. The Labute approximate surface area is 132 Å². The van der Waals surface area contributed by atoms with Crippen LogP contribution in [-0.2, 0) is 4.74 Å². The lowest BCUT2D eigenvalue weighted by Gasteiger charge is -2.13. The van der Waals surface area contributed by atoms with Gasteiger partial charge in [-0.3, -0.25) is 0 Å². The van der Waals surface area contributed by atoms with Gasteiger partial charge in [0.05, 0.1) is 12.3 Å². The molecule has 1 atom stereocenters. The van der Waals surface area contributed by atoms with Gasteiger partial charge in [0.2, 0.25) is 0 Å². The second-order valence-corrected chi connectivity index (χ2v) is 5.75. The Kier molecular flexibility index (Phi) is 10.4. The van der Waals surface area contributed by atoms with Crippen molar-refractivity contribution in [1.29, 1.82) is 0 Å². The average Bonchev–Trinajstić information content (AvgIpc) is 2.41. The molecule has 0 aliphatic heterocycles. The molecular formula is C17H28BrNO. The third-order valence-corrected chi connectivity index (χ3v) is 3.21. The highest BCUT2D eigenvalue weighted by molar-refractivity contribution is 9.10. The molecular weight excluding hydrogens is 314 g/mol. The Morgan fingerprint density at radius 1 is 1.25 bits per heavy atom. The van der Waals surface area contributed by atoms with Gasteiger partial charge in [0.15, 0.2) is 5.90 Å². The highest BCUT2D eigenvalue weighted by Crippen LogP contribution is 2.24. The molecule has 0 amide bonds. The first kappa shape index (κ1) is 19.2. The average molecular weight is 342 g/mol. The zero-order valence-electron chi connectivity index (χ0n) is 13.7. The fraction of sp³-hybridized carbons (Fsp3) is 0.588. The van der Waals surface area contributed by atoms with Gasteiger partial charge in [0.25, 0.3) is 0 Å². The molecule has 1 aromatic carbocycles. The Hall–Kier alpha value is -0.830. The fourth-order valence-electron chi connectivity index (χ4n) is 1.47. The molecule has 3 heteroatoms. The standard InChI is InChI=1S/C14H20BrNO.C3H8/c1-5-10(3)14(17-6-2)16-13-8-7-12(15)9-11(13)4;1-3-2/h7-10H,5-6H2,1-4H3;3H2,1-2H3. The predicted molar refractivity (Wildman–Crippen MR) is 93.0 cm³/mol. The largest absolute Gasteiger partial charge is 0.481 e. The number of hydrogen-bond acceptors (Lipinski definition) is 2. The van der Waals surface area contributed by atoms with Gasteiger partial charge in [-0.15, -0.1) is 0 Å². The first-order valence-corrected chi connectivity index (χ1v) is 8.26. The van der Waals surface area contributed by atoms with Gasteiger partial charge in [0.1, 0.15) is 0 Å². The monoisotopic (exact) mass is 341 g/mol. The smallest absolute Gasteiger partial charge is 0.191 e. The van der Waals surface area contributed by atoms with Crippen LogP contribution in [0.3, 0.4) is 0 Å². The first-order valence-electron chi connectivity index (χ1n) is 7.47. The minimum Gasteiger partial charge on any atom is -0.481 e. The molecule has 114 valence electrons. The number of ether oxygens (including phenoxy) is 1. The van der Waals surface area contributed by atoms with Gasteiger partial charge in [-0.2, -0.15) is 0 Å². The van der Waals surface area contributed by atoms with E-state index in [1.54, 1.807) is 0 Å². The SMILES string of the molecule is CCC.CCOC(=Nc1ccc(Br)cc1C)C(C)CC. The molecule has 0 radical (unpaired) electrons. The maximum atomic E-state index is 5.62. The fourth-order valence-corrected chi connectivity index (χ4v) is 1.95. The van der Waals surface area contributed by atoms with E-state index in [9.17, 15) is 0 Å². The lowest BCUT2D eigenvalue weighted by Crippen LogP contribution is -2.14. The van der Waals surface area contributed by atoms with Crippen molar-refractivity contribution in [3.63, 3.8) is 0 Å². The van der Waals surface area contributed by atoms with Crippen LogP contribution in [0.5, 0.6) is 0 Å². The summed E-state index contributed by atoms with van der Waals surface area (Å²) in [6.45, 7) is 13.3. The van der Waals surface area contributed by atoms with Crippen molar-refractivity contribution in [3.05, 3.63) is 28.2 Å². The summed E-state index contributed by atoms with van der Waals surface area (Å²) in [6, 6.07) is 6.09. The van der Waals surface area contributed by atoms with Crippen LogP contribution in [0.1, 0.15) is 53.0 Å². The zero-order valence-corrected chi connectivity index (χ0v) is 15.3. The Morgan fingerprint density at radius 2 is 1.85 bits per heavy atom. The van der Waals surface area contributed by atoms with E-state index in [4.69, 9.17) is 4.74 Å². The lowest BCUT2D eigenvalue weighted by atomic mass is 10.1. The van der Waals surface area contributed by atoms with Crippen molar-refractivity contribution in [2.75, 3.05) is 6.61 Å². The second kappa shape index (κ2) is 10.9. The van der Waals surface area contributed by atoms with Gasteiger partial charge >= 0.3 is 0 Å². The third-order valence-electron chi connectivity index (χ3n) is 2.72. The summed E-state index contributed by atoms with van der Waals surface area (Å²) in [5.74, 6) is 1.19. The van der Waals surface area contributed by atoms with Crippen LogP contribution >= 0.6 is 15.9 Å². The van der Waals surface area contributed by atoms with Gasteiger partial charge in [-0.1, -0.05) is 50.0 Å². The van der Waals surface area contributed by atoms with Crippen molar-refractivity contribution in [2.45, 2.75) is 54.4 Å². The quantitative estimate of drug-likeness (QED) is 0.466. The Bertz CT molecular complexity index is 415. The molecule has 2 nitrogen and oxygen atoms in total. The minimum absolute atomic E-state index is 0.359. The lowest BCUT2D eigenvalue weighted by molar-refractivity contribution is 0.302. The number of aryl methyl sites for hydroxylation is 1. The van der Waals surface area contributed by atoms with E-state index in [0.29, 0.717) is 12.5 Å². The van der Waals surface area contributed by atoms with Crippen molar-refractivity contribution >= 4 is 27.5 Å². The number of aliphatic imine (C=N–C) groups is 1. The molecule has 0 aliphatic carbocycles. The predicted octanol–water partition coefficient (Wildman–Crippen LogP) is 6.29. The molecule has 0 fully saturated rings. The molecule has 0 aliphatic rings. The summed E-state index contributed by atoms with van der Waals surface area (Å²) in [5.41, 5.74) is 2.14. The summed E-state index contributed by atoms with van der Waals surface area (Å²) in [7, 11) is 0. The third kappa shape index (κ3) is 7.09. The highest BCUT2D eigenvalue weighted by Gasteiger charge is 2.10. The van der Waals surface area contributed by atoms with Gasteiger partial charge in [0, 0.05) is 10.4 Å². The Balaban J connectivity index is 0.00000110. The van der Waals surface area contributed by atoms with E-state index in [2.05, 4.69) is 61.6 Å². The molecule has 0 saturated carbocycles. The van der Waals surface area contributed by atoms with Crippen LogP contribution in [0.4, 0.5) is 5.69 Å². The summed E-state index contributed by atoms with van der Waals surface area (Å²) in [6.07, 6.45) is 2.29. The van der Waals surface area contributed by atoms with Crippen molar-refractivity contribution in [2.24, 2.45) is 10.9 Å². The van der Waals surface area contributed by atoms with Crippen molar-refractivity contribution < 1.29 is 4.74 Å². The van der Waals surface area contributed by atoms with Crippen LogP contribution < -0.4 is 0 Å². The molecule has 0 N–H and O–H groups in total. The van der Waals surface area contributed by atoms with Crippen LogP contribution in [0, 0.1) is 12.8 Å². The molecule has 0 heterocycles. The zero-order chi connectivity index (χ0) is 15.5. The topological polar surface area (TPSA) is 21.6 Å². The maximum absolute atomic E-state index is 5.62. The molecule has 0 spiro atoms. The molecule has 0 saturated heterocycles. The normalized spacial score (nSPS) is 12.4. The summed E-state index contributed by atoms with van der Waals surface area (Å²) >= 11 is 3.46. The molecule has 0 bridgehead atoms. The molecule has 1 unspecified atom stereocenters. The van der Waals surface area contributed by atoms with E-state index in [0.717, 1.165) is 28.0 Å². The Morgan fingerprint density at radius 3 is 2.30 bits per heavy atom. The highest BCUT2D eigenvalue weighted by atomic mass is 79.9. The van der Waals surface area contributed by atoms with Crippen LogP contribution in [0.25, 0.3) is 0 Å². The van der Waals surface area contributed by atoms with Gasteiger partial charge < -0.3 is 4.74 Å². The summed E-state index contributed by atoms with van der Waals surface area (Å²) in [4.78, 5) is 4.63. The van der Waals surface area contributed by atoms with E-state index >= 15 is 0 Å². The maximum Gasteiger partial charge on any atom is 0.191 e. The number of nitrogens with zero attached hydrogens (tertiary/aromatic N) is 1. The van der Waals surface area contributed by atoms with Gasteiger partial charge in [-0.25, -0.2) is 4.99 Å². The first-order chi connectivity index (χ1) is 9.49. The number of halogens is 1. The molecule has 20 heavy (non-hydrogen) atoms. The van der Waals surface area contributed by atoms with Crippen LogP contribution in [0.2, 0.25) is 0 Å². The molecule has 0 aromatic heterocycles.